The fourth-order valence-corrected chi connectivity index (χ4v) is 4.89. The largest absolute Gasteiger partial charge is 0.355 e. The lowest BCUT2D eigenvalue weighted by Gasteiger charge is -2.15. The van der Waals surface area contributed by atoms with Gasteiger partial charge < -0.3 is 5.32 Å². The highest BCUT2D eigenvalue weighted by Crippen LogP contribution is 2.27. The Morgan fingerprint density at radius 2 is 2.04 bits per heavy atom. The van der Waals surface area contributed by atoms with Gasteiger partial charge in [0.15, 0.2) is 5.16 Å². The molecule has 3 rings (SSSR count). The average molecular weight is 416 g/mol. The molecule has 0 radical (unpaired) electrons. The quantitative estimate of drug-likeness (QED) is 0.448. The van der Waals surface area contributed by atoms with Gasteiger partial charge in [-0.2, -0.15) is 0 Å². The van der Waals surface area contributed by atoms with Gasteiger partial charge >= 0.3 is 0 Å². The smallest absolute Gasteiger partial charge is 0.262 e. The first-order valence-corrected chi connectivity index (χ1v) is 11.2. The summed E-state index contributed by atoms with van der Waals surface area (Å²) in [6, 6.07) is 12.0. The van der Waals surface area contributed by atoms with Gasteiger partial charge in [-0.15, -0.1) is 11.3 Å². The van der Waals surface area contributed by atoms with Crippen molar-refractivity contribution in [3.8, 4) is 0 Å². The van der Waals surface area contributed by atoms with Crippen LogP contribution in [-0.2, 0) is 24.2 Å². The third kappa shape index (κ3) is 4.64. The summed E-state index contributed by atoms with van der Waals surface area (Å²) in [6.45, 7) is 6.94. The van der Waals surface area contributed by atoms with Crippen molar-refractivity contribution in [2.24, 2.45) is 0 Å². The molecule has 1 amide bonds. The van der Waals surface area contributed by atoms with Crippen molar-refractivity contribution in [3.63, 3.8) is 0 Å². The SMILES string of the molecule is CCNC(=O)[C@@H](C)Sc1nc2sc(CC)cc2c(=O)n1CCc1ccccc1. The predicted octanol–water partition coefficient (Wildman–Crippen LogP) is 3.88. The lowest BCUT2D eigenvalue weighted by molar-refractivity contribution is -0.120. The average Bonchev–Trinajstić information content (AvgIpc) is 3.12. The van der Waals surface area contributed by atoms with Gasteiger partial charge in [0.05, 0.1) is 10.6 Å². The second-order valence-corrected chi connectivity index (χ2v) is 8.95. The molecule has 1 N–H and O–H groups in total. The van der Waals surface area contributed by atoms with E-state index in [1.807, 2.05) is 38.1 Å². The molecular formula is C21H25N3O2S2. The van der Waals surface area contributed by atoms with E-state index in [4.69, 9.17) is 4.98 Å². The third-order valence-corrected chi connectivity index (χ3v) is 6.75. The monoisotopic (exact) mass is 415 g/mol. The highest BCUT2D eigenvalue weighted by atomic mass is 32.2. The molecule has 0 bridgehead atoms. The Morgan fingerprint density at radius 1 is 1.29 bits per heavy atom. The Hall–Kier alpha value is -2.12. The number of hydrogen-bond donors (Lipinski definition) is 1. The summed E-state index contributed by atoms with van der Waals surface area (Å²) in [6.07, 6.45) is 1.62. The van der Waals surface area contributed by atoms with E-state index in [0.29, 0.717) is 23.6 Å². The van der Waals surface area contributed by atoms with Crippen LogP contribution in [0.3, 0.4) is 0 Å². The minimum absolute atomic E-state index is 0.0255. The number of aromatic nitrogens is 2. The summed E-state index contributed by atoms with van der Waals surface area (Å²) >= 11 is 2.90. The predicted molar refractivity (Wildman–Crippen MR) is 117 cm³/mol. The second-order valence-electron chi connectivity index (χ2n) is 6.53. The molecule has 1 atom stereocenters. The van der Waals surface area contributed by atoms with Gasteiger partial charge in [-0.25, -0.2) is 4.98 Å². The molecular weight excluding hydrogens is 390 g/mol. The topological polar surface area (TPSA) is 64.0 Å². The van der Waals surface area contributed by atoms with Gasteiger partial charge in [-0.3, -0.25) is 14.2 Å². The van der Waals surface area contributed by atoms with E-state index in [9.17, 15) is 9.59 Å². The maximum atomic E-state index is 13.2. The molecule has 0 spiro atoms. The first kappa shape index (κ1) is 20.6. The minimum Gasteiger partial charge on any atom is -0.355 e. The molecule has 0 unspecified atom stereocenters. The van der Waals surface area contributed by atoms with Gasteiger partial charge in [0.1, 0.15) is 4.83 Å². The molecule has 28 heavy (non-hydrogen) atoms. The summed E-state index contributed by atoms with van der Waals surface area (Å²) in [4.78, 5) is 32.0. The summed E-state index contributed by atoms with van der Waals surface area (Å²) in [5.41, 5.74) is 1.14. The Balaban J connectivity index is 1.98. The standard InChI is InChI=1S/C21H25N3O2S2/c1-4-16-13-17-19(28-16)23-21(27-14(3)18(25)22-5-2)24(20(17)26)12-11-15-9-7-6-8-10-15/h6-10,13-14H,4-5,11-12H2,1-3H3,(H,22,25)/t14-/m1/s1. The minimum atomic E-state index is -0.321. The molecule has 0 aliphatic heterocycles. The van der Waals surface area contributed by atoms with Gasteiger partial charge in [0.25, 0.3) is 5.56 Å². The molecule has 0 fully saturated rings. The summed E-state index contributed by atoms with van der Waals surface area (Å²) in [7, 11) is 0. The highest BCUT2D eigenvalue weighted by Gasteiger charge is 2.20. The molecule has 0 aliphatic carbocycles. The van der Waals surface area contributed by atoms with Crippen molar-refractivity contribution in [3.05, 3.63) is 57.2 Å². The highest BCUT2D eigenvalue weighted by molar-refractivity contribution is 8.00. The van der Waals surface area contributed by atoms with Crippen LogP contribution < -0.4 is 10.9 Å². The molecule has 7 heteroatoms. The van der Waals surface area contributed by atoms with Crippen LogP contribution in [0.15, 0.2) is 46.3 Å². The molecule has 0 saturated heterocycles. The zero-order chi connectivity index (χ0) is 20.1. The van der Waals surface area contributed by atoms with Crippen LogP contribution in [0.2, 0.25) is 0 Å². The summed E-state index contributed by atoms with van der Waals surface area (Å²) in [5, 5.41) is 3.79. The Bertz CT molecular complexity index is 1010. The molecule has 2 aromatic heterocycles. The van der Waals surface area contributed by atoms with Crippen LogP contribution in [0.4, 0.5) is 0 Å². The number of benzene rings is 1. The van der Waals surface area contributed by atoms with Crippen molar-refractivity contribution >= 4 is 39.2 Å². The Labute approximate surface area is 173 Å². The van der Waals surface area contributed by atoms with E-state index in [1.54, 1.807) is 15.9 Å². The van der Waals surface area contributed by atoms with Crippen molar-refractivity contribution < 1.29 is 4.79 Å². The number of carbonyl (C=O) groups excluding carboxylic acids is 1. The van der Waals surface area contributed by atoms with E-state index in [2.05, 4.69) is 24.4 Å². The Kier molecular flexibility index (Phi) is 6.91. The fraction of sp³-hybridized carbons (Fsp3) is 0.381. The first-order chi connectivity index (χ1) is 13.5. The first-order valence-electron chi connectivity index (χ1n) is 9.55. The molecule has 1 aromatic carbocycles. The zero-order valence-corrected chi connectivity index (χ0v) is 18.0. The summed E-state index contributed by atoms with van der Waals surface area (Å²) in [5.74, 6) is -0.0446. The number of hydrogen-bond acceptors (Lipinski definition) is 5. The second kappa shape index (κ2) is 9.39. The fourth-order valence-electron chi connectivity index (χ4n) is 2.92. The maximum Gasteiger partial charge on any atom is 0.262 e. The maximum absolute atomic E-state index is 13.2. The van der Waals surface area contributed by atoms with Crippen LogP contribution in [0.1, 0.15) is 31.2 Å². The van der Waals surface area contributed by atoms with Crippen molar-refractivity contribution in [2.75, 3.05) is 6.54 Å². The van der Waals surface area contributed by atoms with Crippen LogP contribution >= 0.6 is 23.1 Å². The number of rotatable bonds is 8. The lowest BCUT2D eigenvalue weighted by atomic mass is 10.1. The number of nitrogens with one attached hydrogen (secondary N) is 1. The molecule has 5 nitrogen and oxygen atoms in total. The van der Waals surface area contributed by atoms with E-state index < -0.39 is 0 Å². The third-order valence-electron chi connectivity index (χ3n) is 4.48. The van der Waals surface area contributed by atoms with Crippen LogP contribution in [0, 0.1) is 0 Å². The van der Waals surface area contributed by atoms with E-state index in [1.165, 1.54) is 17.3 Å². The van der Waals surface area contributed by atoms with Gasteiger partial charge in [-0.05, 0) is 38.3 Å². The number of thiophene rings is 1. The van der Waals surface area contributed by atoms with Gasteiger partial charge in [0.2, 0.25) is 5.91 Å². The number of carbonyl (C=O) groups is 1. The molecule has 0 aliphatic rings. The van der Waals surface area contributed by atoms with Crippen LogP contribution in [-0.4, -0.2) is 27.3 Å². The van der Waals surface area contributed by atoms with Crippen molar-refractivity contribution in [1.82, 2.24) is 14.9 Å². The number of amides is 1. The zero-order valence-electron chi connectivity index (χ0n) is 16.4. The number of thioether (sulfide) groups is 1. The van der Waals surface area contributed by atoms with Crippen molar-refractivity contribution in [2.45, 2.75) is 50.6 Å². The van der Waals surface area contributed by atoms with E-state index >= 15 is 0 Å². The van der Waals surface area contributed by atoms with Crippen LogP contribution in [0.5, 0.6) is 0 Å². The molecule has 148 valence electrons. The Morgan fingerprint density at radius 3 is 2.71 bits per heavy atom. The normalized spacial score (nSPS) is 12.2. The molecule has 2 heterocycles. The van der Waals surface area contributed by atoms with E-state index in [-0.39, 0.29) is 16.7 Å². The number of nitrogens with zero attached hydrogens (tertiary/aromatic N) is 2. The molecule has 0 saturated carbocycles. The van der Waals surface area contributed by atoms with Crippen molar-refractivity contribution in [1.29, 1.82) is 0 Å². The molecule has 3 aromatic rings. The van der Waals surface area contributed by atoms with Gasteiger partial charge in [0, 0.05) is 18.0 Å². The summed E-state index contributed by atoms with van der Waals surface area (Å²) < 4.78 is 1.72. The van der Waals surface area contributed by atoms with Crippen LogP contribution in [0.25, 0.3) is 10.2 Å². The van der Waals surface area contributed by atoms with E-state index in [0.717, 1.165) is 22.5 Å². The number of fused-ring (bicyclic) bond motifs is 1. The lowest BCUT2D eigenvalue weighted by Crippen LogP contribution is -2.32. The van der Waals surface area contributed by atoms with Gasteiger partial charge in [-0.1, -0.05) is 49.0 Å². The number of aryl methyl sites for hydroxylation is 2.